The molecule has 4 nitrogen and oxygen atoms in total. The molecule has 0 aliphatic carbocycles. The highest BCUT2D eigenvalue weighted by Crippen LogP contribution is 2.16. The number of hydrogen-bond donors (Lipinski definition) is 2. The number of para-hydroxylation sites is 1. The summed E-state index contributed by atoms with van der Waals surface area (Å²) in [5, 5.41) is 5.72. The Morgan fingerprint density at radius 1 is 1.30 bits per heavy atom. The number of hydrogen-bond acceptors (Lipinski definition) is 3. The molecule has 0 radical (unpaired) electrons. The highest BCUT2D eigenvalue weighted by atomic mass is 35.5. The summed E-state index contributed by atoms with van der Waals surface area (Å²) in [5.41, 5.74) is 0. The van der Waals surface area contributed by atoms with Gasteiger partial charge in [0.25, 0.3) is 0 Å². The summed E-state index contributed by atoms with van der Waals surface area (Å²) in [6.07, 6.45) is -0.289. The van der Waals surface area contributed by atoms with E-state index in [1.54, 1.807) is 32.2 Å². The summed E-state index contributed by atoms with van der Waals surface area (Å²) in [7, 11) is 1.80. The van der Waals surface area contributed by atoms with Crippen molar-refractivity contribution >= 4 is 18.3 Å². The van der Waals surface area contributed by atoms with Crippen LogP contribution in [0.4, 0.5) is 4.39 Å². The summed E-state index contributed by atoms with van der Waals surface area (Å²) in [6.45, 7) is 4.60. The number of halogens is 2. The second kappa shape index (κ2) is 9.55. The van der Waals surface area contributed by atoms with E-state index in [9.17, 15) is 9.18 Å². The van der Waals surface area contributed by atoms with Gasteiger partial charge in [0.05, 0.1) is 6.54 Å². The minimum absolute atomic E-state index is 0. The third-order valence-corrected chi connectivity index (χ3v) is 2.69. The van der Waals surface area contributed by atoms with Crippen molar-refractivity contribution in [2.75, 3.05) is 20.1 Å². The molecular formula is C14H22ClFN2O2. The topological polar surface area (TPSA) is 50.4 Å². The fourth-order valence-corrected chi connectivity index (χ4v) is 1.62. The number of nitrogens with one attached hydrogen (secondary N) is 2. The zero-order valence-electron chi connectivity index (χ0n) is 12.0. The van der Waals surface area contributed by atoms with Crippen LogP contribution in [0.1, 0.15) is 13.8 Å². The SMILES string of the molecule is CNCC(C)C(=O)NCC(C)Oc1ccccc1F.Cl. The third kappa shape index (κ3) is 6.21. The maximum Gasteiger partial charge on any atom is 0.224 e. The fraction of sp³-hybridized carbons (Fsp3) is 0.500. The Morgan fingerprint density at radius 2 is 1.95 bits per heavy atom. The molecule has 2 atom stereocenters. The zero-order valence-corrected chi connectivity index (χ0v) is 12.8. The predicted molar refractivity (Wildman–Crippen MR) is 79.8 cm³/mol. The number of carbonyl (C=O) groups is 1. The molecular weight excluding hydrogens is 283 g/mol. The van der Waals surface area contributed by atoms with Crippen LogP contribution in [0.5, 0.6) is 5.75 Å². The highest BCUT2D eigenvalue weighted by molar-refractivity contribution is 5.85. The van der Waals surface area contributed by atoms with Gasteiger partial charge in [-0.15, -0.1) is 12.4 Å². The van der Waals surface area contributed by atoms with E-state index >= 15 is 0 Å². The van der Waals surface area contributed by atoms with Crippen molar-refractivity contribution in [1.82, 2.24) is 10.6 Å². The van der Waals surface area contributed by atoms with Crippen molar-refractivity contribution in [2.24, 2.45) is 5.92 Å². The first-order valence-corrected chi connectivity index (χ1v) is 6.38. The van der Waals surface area contributed by atoms with E-state index in [1.165, 1.54) is 6.07 Å². The van der Waals surface area contributed by atoms with E-state index < -0.39 is 5.82 Å². The van der Waals surface area contributed by atoms with Gasteiger partial charge in [0.2, 0.25) is 5.91 Å². The molecule has 0 spiro atoms. The summed E-state index contributed by atoms with van der Waals surface area (Å²) in [5.74, 6) is -0.347. The van der Waals surface area contributed by atoms with E-state index in [0.717, 1.165) is 0 Å². The lowest BCUT2D eigenvalue weighted by Crippen LogP contribution is -2.39. The van der Waals surface area contributed by atoms with E-state index in [0.29, 0.717) is 13.1 Å². The first kappa shape index (κ1) is 18.7. The number of benzene rings is 1. The van der Waals surface area contributed by atoms with Gasteiger partial charge in [0.15, 0.2) is 11.6 Å². The van der Waals surface area contributed by atoms with Crippen LogP contribution in [0.25, 0.3) is 0 Å². The molecule has 20 heavy (non-hydrogen) atoms. The number of ether oxygens (including phenoxy) is 1. The standard InChI is InChI=1S/C14H21FN2O2.ClH/c1-10(8-16-3)14(18)17-9-11(2)19-13-7-5-4-6-12(13)15;/h4-7,10-11,16H,8-9H2,1-3H3,(H,17,18);1H. The quantitative estimate of drug-likeness (QED) is 0.810. The van der Waals surface area contributed by atoms with Gasteiger partial charge in [-0.3, -0.25) is 4.79 Å². The molecule has 0 saturated heterocycles. The Hall–Kier alpha value is -1.33. The second-order valence-corrected chi connectivity index (χ2v) is 4.56. The van der Waals surface area contributed by atoms with E-state index in [4.69, 9.17) is 4.74 Å². The smallest absolute Gasteiger partial charge is 0.224 e. The van der Waals surface area contributed by atoms with Gasteiger partial charge in [0, 0.05) is 12.5 Å². The fourth-order valence-electron chi connectivity index (χ4n) is 1.62. The summed E-state index contributed by atoms with van der Waals surface area (Å²) < 4.78 is 18.8. The first-order valence-electron chi connectivity index (χ1n) is 6.38. The molecule has 2 N–H and O–H groups in total. The monoisotopic (exact) mass is 304 g/mol. The molecule has 1 aromatic carbocycles. The van der Waals surface area contributed by atoms with Gasteiger partial charge >= 0.3 is 0 Å². The van der Waals surface area contributed by atoms with Crippen molar-refractivity contribution in [3.8, 4) is 5.75 Å². The van der Waals surface area contributed by atoms with Gasteiger partial charge in [-0.2, -0.15) is 0 Å². The largest absolute Gasteiger partial charge is 0.486 e. The van der Waals surface area contributed by atoms with Crippen LogP contribution < -0.4 is 15.4 Å². The molecule has 0 aliphatic heterocycles. The Bertz CT molecular complexity index is 418. The highest BCUT2D eigenvalue weighted by Gasteiger charge is 2.13. The third-order valence-electron chi connectivity index (χ3n) is 2.69. The van der Waals surface area contributed by atoms with Crippen molar-refractivity contribution in [1.29, 1.82) is 0 Å². The summed E-state index contributed by atoms with van der Waals surface area (Å²) in [6, 6.07) is 6.22. The molecule has 114 valence electrons. The minimum atomic E-state index is -0.399. The van der Waals surface area contributed by atoms with Crippen molar-refractivity contribution in [2.45, 2.75) is 20.0 Å². The molecule has 1 amide bonds. The van der Waals surface area contributed by atoms with Crippen molar-refractivity contribution < 1.29 is 13.9 Å². The molecule has 0 saturated carbocycles. The lowest BCUT2D eigenvalue weighted by atomic mass is 10.1. The maximum atomic E-state index is 13.4. The van der Waals surface area contributed by atoms with Crippen molar-refractivity contribution in [3.63, 3.8) is 0 Å². The van der Waals surface area contributed by atoms with Gasteiger partial charge in [0.1, 0.15) is 6.10 Å². The second-order valence-electron chi connectivity index (χ2n) is 4.56. The van der Waals surface area contributed by atoms with E-state index in [-0.39, 0.29) is 36.1 Å². The lowest BCUT2D eigenvalue weighted by Gasteiger charge is -2.17. The van der Waals surface area contributed by atoms with Gasteiger partial charge < -0.3 is 15.4 Å². The average molecular weight is 305 g/mol. The molecule has 0 bridgehead atoms. The number of amides is 1. The van der Waals surface area contributed by atoms with Crippen LogP contribution in [-0.4, -0.2) is 32.1 Å². The van der Waals surface area contributed by atoms with Crippen LogP contribution in [0.2, 0.25) is 0 Å². The molecule has 1 aromatic rings. The van der Waals surface area contributed by atoms with E-state index in [1.807, 2.05) is 6.92 Å². The van der Waals surface area contributed by atoms with Gasteiger partial charge in [-0.1, -0.05) is 19.1 Å². The van der Waals surface area contributed by atoms with Crippen LogP contribution in [-0.2, 0) is 4.79 Å². The molecule has 0 aliphatic rings. The van der Waals surface area contributed by atoms with Crippen LogP contribution in [0, 0.1) is 11.7 Å². The molecule has 0 heterocycles. The van der Waals surface area contributed by atoms with Crippen molar-refractivity contribution in [3.05, 3.63) is 30.1 Å². The number of carbonyl (C=O) groups excluding carboxylic acids is 1. The predicted octanol–water partition coefficient (Wildman–Crippen LogP) is 1.99. The Balaban J connectivity index is 0.00000361. The number of rotatable bonds is 7. The maximum absolute atomic E-state index is 13.4. The van der Waals surface area contributed by atoms with Crippen LogP contribution in [0.15, 0.2) is 24.3 Å². The average Bonchev–Trinajstić information content (AvgIpc) is 2.39. The normalized spacial score (nSPS) is 13.0. The Labute approximate surface area is 125 Å². The van der Waals surface area contributed by atoms with Crippen LogP contribution >= 0.6 is 12.4 Å². The Morgan fingerprint density at radius 3 is 2.55 bits per heavy atom. The Kier molecular flexibility index (Phi) is 8.92. The molecule has 1 rings (SSSR count). The zero-order chi connectivity index (χ0) is 14.3. The van der Waals surface area contributed by atoms with Crippen LogP contribution in [0.3, 0.4) is 0 Å². The van der Waals surface area contributed by atoms with Gasteiger partial charge in [-0.25, -0.2) is 4.39 Å². The summed E-state index contributed by atoms with van der Waals surface area (Å²) in [4.78, 5) is 11.7. The minimum Gasteiger partial charge on any atom is -0.486 e. The lowest BCUT2D eigenvalue weighted by molar-refractivity contribution is -0.124. The molecule has 0 aromatic heterocycles. The van der Waals surface area contributed by atoms with E-state index in [2.05, 4.69) is 10.6 Å². The first-order chi connectivity index (χ1) is 9.04. The molecule has 0 fully saturated rings. The summed E-state index contributed by atoms with van der Waals surface area (Å²) >= 11 is 0. The molecule has 2 unspecified atom stereocenters. The molecule has 6 heteroatoms. The van der Waals surface area contributed by atoms with Gasteiger partial charge in [-0.05, 0) is 26.1 Å².